The Morgan fingerprint density at radius 1 is 1.07 bits per heavy atom. The maximum absolute atomic E-state index is 12.4. The number of nitrogens with one attached hydrogen (secondary N) is 1. The molecule has 2 aromatic carbocycles. The summed E-state index contributed by atoms with van der Waals surface area (Å²) >= 11 is 11.9. The smallest absolute Gasteiger partial charge is 0.265 e. The van der Waals surface area contributed by atoms with Crippen LogP contribution in [0.15, 0.2) is 42.5 Å². The van der Waals surface area contributed by atoms with Crippen LogP contribution in [0.4, 0.5) is 5.69 Å². The van der Waals surface area contributed by atoms with Crippen LogP contribution in [0.1, 0.15) is 12.5 Å². The van der Waals surface area contributed by atoms with Crippen molar-refractivity contribution in [2.24, 2.45) is 0 Å². The number of anilines is 1. The summed E-state index contributed by atoms with van der Waals surface area (Å²) in [6, 6.07) is 12.9. The van der Waals surface area contributed by atoms with Crippen molar-refractivity contribution in [3.8, 4) is 5.75 Å². The molecule has 1 aliphatic rings. The van der Waals surface area contributed by atoms with Gasteiger partial charge in [0, 0.05) is 44.5 Å². The van der Waals surface area contributed by atoms with Gasteiger partial charge in [-0.15, -0.1) is 0 Å². The van der Waals surface area contributed by atoms with E-state index in [1.54, 1.807) is 25.1 Å². The lowest BCUT2D eigenvalue weighted by molar-refractivity contribution is -0.122. The number of piperazine rings is 1. The number of rotatable bonds is 6. The Morgan fingerprint density at radius 2 is 1.75 bits per heavy atom. The summed E-state index contributed by atoms with van der Waals surface area (Å²) in [5, 5.41) is 3.72. The lowest BCUT2D eigenvalue weighted by atomic mass is 10.1. The molecule has 1 aliphatic heterocycles. The third-order valence-electron chi connectivity index (χ3n) is 4.80. The van der Waals surface area contributed by atoms with Crippen LogP contribution in [-0.4, -0.2) is 55.0 Å². The van der Waals surface area contributed by atoms with Gasteiger partial charge in [0.1, 0.15) is 5.75 Å². The molecule has 1 atom stereocenters. The normalized spacial score (nSPS) is 16.6. The second-order valence-electron chi connectivity index (χ2n) is 7.10. The minimum Gasteiger partial charge on any atom is -0.481 e. The molecule has 1 saturated heterocycles. The Labute approximate surface area is 176 Å². The molecule has 1 heterocycles. The first-order chi connectivity index (χ1) is 13.4. The molecule has 0 radical (unpaired) electrons. The summed E-state index contributed by atoms with van der Waals surface area (Å²) < 4.78 is 5.65. The fourth-order valence-electron chi connectivity index (χ4n) is 3.01. The lowest BCUT2D eigenvalue weighted by Gasteiger charge is -2.32. The molecule has 2 aromatic rings. The maximum atomic E-state index is 12.4. The zero-order valence-corrected chi connectivity index (χ0v) is 17.6. The molecule has 7 heteroatoms. The quantitative estimate of drug-likeness (QED) is 0.760. The van der Waals surface area contributed by atoms with E-state index < -0.39 is 6.10 Å². The van der Waals surface area contributed by atoms with Crippen molar-refractivity contribution in [3.05, 3.63) is 58.1 Å². The number of benzene rings is 2. The van der Waals surface area contributed by atoms with Gasteiger partial charge in [0.2, 0.25) is 0 Å². The Hall–Kier alpha value is -1.79. The summed E-state index contributed by atoms with van der Waals surface area (Å²) in [6.45, 7) is 6.99. The van der Waals surface area contributed by atoms with E-state index in [0.29, 0.717) is 15.8 Å². The predicted molar refractivity (Wildman–Crippen MR) is 114 cm³/mol. The fraction of sp³-hybridized carbons (Fsp3) is 0.381. The second-order valence-corrected chi connectivity index (χ2v) is 7.92. The molecule has 0 bridgehead atoms. The zero-order chi connectivity index (χ0) is 20.1. The molecule has 0 spiro atoms. The van der Waals surface area contributed by atoms with Gasteiger partial charge >= 0.3 is 0 Å². The SMILES string of the molecule is CC(Oc1ccc(Cl)c(Cl)c1)C(=O)Nc1ccc(CN2CCN(C)CC2)cc1. The van der Waals surface area contributed by atoms with Gasteiger partial charge in [-0.3, -0.25) is 9.69 Å². The van der Waals surface area contributed by atoms with E-state index in [2.05, 4.69) is 34.3 Å². The Kier molecular flexibility index (Phi) is 7.18. The molecule has 5 nitrogen and oxygen atoms in total. The fourth-order valence-corrected chi connectivity index (χ4v) is 3.30. The van der Waals surface area contributed by atoms with Gasteiger partial charge in [0.25, 0.3) is 5.91 Å². The number of carbonyl (C=O) groups excluding carboxylic acids is 1. The Bertz CT molecular complexity index is 806. The standard InChI is InChI=1S/C21H25Cl2N3O2/c1-15(28-18-7-8-19(22)20(23)13-18)21(27)24-17-5-3-16(4-6-17)14-26-11-9-25(2)10-12-26/h3-8,13,15H,9-12,14H2,1-2H3,(H,24,27). The summed E-state index contributed by atoms with van der Waals surface area (Å²) in [6.07, 6.45) is -0.665. The highest BCUT2D eigenvalue weighted by Gasteiger charge is 2.16. The first-order valence-corrected chi connectivity index (χ1v) is 10.1. The monoisotopic (exact) mass is 421 g/mol. The molecule has 150 valence electrons. The number of amides is 1. The van der Waals surface area contributed by atoms with Crippen LogP contribution in [-0.2, 0) is 11.3 Å². The highest BCUT2D eigenvalue weighted by molar-refractivity contribution is 6.42. The number of hydrogen-bond donors (Lipinski definition) is 1. The van der Waals surface area contributed by atoms with Gasteiger partial charge in [0.15, 0.2) is 6.10 Å². The van der Waals surface area contributed by atoms with Gasteiger partial charge < -0.3 is 15.0 Å². The van der Waals surface area contributed by atoms with Crippen molar-refractivity contribution in [1.29, 1.82) is 0 Å². The largest absolute Gasteiger partial charge is 0.481 e. The first kappa shape index (κ1) is 20.9. The van der Waals surface area contributed by atoms with Crippen LogP contribution >= 0.6 is 23.2 Å². The van der Waals surface area contributed by atoms with Crippen LogP contribution in [0.5, 0.6) is 5.75 Å². The van der Waals surface area contributed by atoms with Crippen molar-refractivity contribution in [2.75, 3.05) is 38.5 Å². The second kappa shape index (κ2) is 9.61. The Balaban J connectivity index is 1.51. The molecule has 0 saturated carbocycles. The van der Waals surface area contributed by atoms with Crippen LogP contribution < -0.4 is 10.1 Å². The molecular weight excluding hydrogens is 397 g/mol. The molecular formula is C21H25Cl2N3O2. The van der Waals surface area contributed by atoms with E-state index >= 15 is 0 Å². The summed E-state index contributed by atoms with van der Waals surface area (Å²) in [5.74, 6) is 0.275. The number of halogens is 2. The van der Waals surface area contributed by atoms with Gasteiger partial charge in [0.05, 0.1) is 10.0 Å². The molecule has 0 aliphatic carbocycles. The van der Waals surface area contributed by atoms with E-state index in [4.69, 9.17) is 27.9 Å². The van der Waals surface area contributed by atoms with E-state index in [1.165, 1.54) is 5.56 Å². The van der Waals surface area contributed by atoms with Crippen molar-refractivity contribution >= 4 is 34.8 Å². The minimum absolute atomic E-state index is 0.224. The highest BCUT2D eigenvalue weighted by atomic mass is 35.5. The highest BCUT2D eigenvalue weighted by Crippen LogP contribution is 2.27. The molecule has 1 unspecified atom stereocenters. The molecule has 0 aromatic heterocycles. The lowest BCUT2D eigenvalue weighted by Crippen LogP contribution is -2.43. The van der Waals surface area contributed by atoms with Gasteiger partial charge in [-0.2, -0.15) is 0 Å². The molecule has 3 rings (SSSR count). The van der Waals surface area contributed by atoms with E-state index in [-0.39, 0.29) is 5.91 Å². The summed E-state index contributed by atoms with van der Waals surface area (Å²) in [7, 11) is 2.15. The number of hydrogen-bond acceptors (Lipinski definition) is 4. The third kappa shape index (κ3) is 5.85. The maximum Gasteiger partial charge on any atom is 0.265 e. The average molecular weight is 422 g/mol. The zero-order valence-electron chi connectivity index (χ0n) is 16.1. The van der Waals surface area contributed by atoms with Crippen LogP contribution in [0.3, 0.4) is 0 Å². The van der Waals surface area contributed by atoms with Crippen molar-refractivity contribution in [2.45, 2.75) is 19.6 Å². The first-order valence-electron chi connectivity index (χ1n) is 9.33. The van der Waals surface area contributed by atoms with Gasteiger partial charge in [-0.05, 0) is 43.8 Å². The average Bonchev–Trinajstić information content (AvgIpc) is 2.68. The van der Waals surface area contributed by atoms with Crippen LogP contribution in [0.25, 0.3) is 0 Å². The predicted octanol–water partition coefficient (Wildman–Crippen LogP) is 4.15. The summed E-state index contributed by atoms with van der Waals surface area (Å²) in [5.41, 5.74) is 1.99. The van der Waals surface area contributed by atoms with Crippen LogP contribution in [0.2, 0.25) is 10.0 Å². The topological polar surface area (TPSA) is 44.8 Å². The van der Waals surface area contributed by atoms with Crippen molar-refractivity contribution < 1.29 is 9.53 Å². The molecule has 1 fully saturated rings. The molecule has 28 heavy (non-hydrogen) atoms. The molecule has 1 amide bonds. The van der Waals surface area contributed by atoms with Crippen molar-refractivity contribution in [1.82, 2.24) is 9.80 Å². The number of ether oxygens (including phenoxy) is 1. The third-order valence-corrected chi connectivity index (χ3v) is 5.54. The Morgan fingerprint density at radius 3 is 2.39 bits per heavy atom. The summed E-state index contributed by atoms with van der Waals surface area (Å²) in [4.78, 5) is 17.2. The minimum atomic E-state index is -0.665. The van der Waals surface area contributed by atoms with Crippen molar-refractivity contribution in [3.63, 3.8) is 0 Å². The number of nitrogens with zero attached hydrogens (tertiary/aromatic N) is 2. The van der Waals surface area contributed by atoms with Gasteiger partial charge in [-0.1, -0.05) is 35.3 Å². The van der Waals surface area contributed by atoms with Gasteiger partial charge in [-0.25, -0.2) is 0 Å². The number of carbonyl (C=O) groups is 1. The molecule has 1 N–H and O–H groups in total. The van der Waals surface area contributed by atoms with E-state index in [1.807, 2.05) is 12.1 Å². The van der Waals surface area contributed by atoms with Crippen LogP contribution in [0, 0.1) is 0 Å². The number of likely N-dealkylation sites (N-methyl/N-ethyl adjacent to an activating group) is 1. The van der Waals surface area contributed by atoms with E-state index in [9.17, 15) is 4.79 Å². The van der Waals surface area contributed by atoms with E-state index in [0.717, 1.165) is 38.4 Å².